The molecular weight excluding hydrogens is 264 g/mol. The van der Waals surface area contributed by atoms with Crippen LogP contribution in [0.2, 0.25) is 0 Å². The maximum absolute atomic E-state index is 10.8. The van der Waals surface area contributed by atoms with Crippen molar-refractivity contribution >= 4 is 11.9 Å². The summed E-state index contributed by atoms with van der Waals surface area (Å²) in [4.78, 5) is 21.7. The summed E-state index contributed by atoms with van der Waals surface area (Å²) < 4.78 is 19.3. The van der Waals surface area contributed by atoms with Crippen LogP contribution in [0, 0.1) is 0 Å². The first-order valence-corrected chi connectivity index (χ1v) is 6.26. The first-order chi connectivity index (χ1) is 9.45. The van der Waals surface area contributed by atoms with Crippen molar-refractivity contribution in [2.75, 3.05) is 39.6 Å². The lowest BCUT2D eigenvalue weighted by molar-refractivity contribution is -0.147. The highest BCUT2D eigenvalue weighted by atomic mass is 16.6. The van der Waals surface area contributed by atoms with Gasteiger partial charge in [-0.2, -0.15) is 0 Å². The van der Waals surface area contributed by atoms with Crippen molar-refractivity contribution < 1.29 is 28.5 Å². The molecule has 1 rings (SSSR count). The summed E-state index contributed by atoms with van der Waals surface area (Å²) in [7, 11) is 0. The molecule has 0 radical (unpaired) electrons. The van der Waals surface area contributed by atoms with E-state index < -0.39 is 11.9 Å². The Labute approximate surface area is 119 Å². The monoisotopic (exact) mass is 286 g/mol. The highest BCUT2D eigenvalue weighted by Crippen LogP contribution is 1.94. The molecule has 0 spiro atoms. The van der Waals surface area contributed by atoms with Crippen LogP contribution in [0.4, 0.5) is 0 Å². The van der Waals surface area contributed by atoms with Gasteiger partial charge >= 0.3 is 11.9 Å². The number of hydrogen-bond donors (Lipinski definition) is 0. The second-order valence-corrected chi connectivity index (χ2v) is 4.06. The molecule has 1 aliphatic heterocycles. The SMILES string of the molecule is C1COCCO1.C=C(C)C(=O)OCCOC(=O)C(=C)C. The highest BCUT2D eigenvalue weighted by Gasteiger charge is 2.05. The van der Waals surface area contributed by atoms with Gasteiger partial charge in [-0.15, -0.1) is 0 Å². The number of esters is 2. The lowest BCUT2D eigenvalue weighted by Gasteiger charge is -2.09. The normalized spacial score (nSPS) is 13.5. The van der Waals surface area contributed by atoms with Gasteiger partial charge in [-0.1, -0.05) is 13.2 Å². The lowest BCUT2D eigenvalue weighted by atomic mass is 10.4. The van der Waals surface area contributed by atoms with Gasteiger partial charge in [-0.3, -0.25) is 0 Å². The summed E-state index contributed by atoms with van der Waals surface area (Å²) in [5.74, 6) is -0.979. The number of ether oxygens (including phenoxy) is 4. The molecule has 0 unspecified atom stereocenters. The molecule has 0 aromatic rings. The van der Waals surface area contributed by atoms with Gasteiger partial charge in [0.15, 0.2) is 0 Å². The minimum atomic E-state index is -0.489. The average molecular weight is 286 g/mol. The quantitative estimate of drug-likeness (QED) is 0.430. The second kappa shape index (κ2) is 11.2. The molecule has 1 fully saturated rings. The molecule has 0 aromatic carbocycles. The Bertz CT molecular complexity index is 304. The second-order valence-electron chi connectivity index (χ2n) is 4.06. The molecule has 0 atom stereocenters. The van der Waals surface area contributed by atoms with Gasteiger partial charge in [0.2, 0.25) is 0 Å². The third-order valence-corrected chi connectivity index (χ3v) is 1.99. The van der Waals surface area contributed by atoms with E-state index in [9.17, 15) is 9.59 Å². The standard InChI is InChI=1S/C10H14O4.C4H8O2/c1-7(2)9(11)13-5-6-14-10(12)8(3)4;1-2-6-4-3-5-1/h1,3,5-6H2,2,4H3;1-4H2. The van der Waals surface area contributed by atoms with Crippen molar-refractivity contribution in [2.45, 2.75) is 13.8 Å². The molecule has 0 N–H and O–H groups in total. The predicted octanol–water partition coefficient (Wildman–Crippen LogP) is 1.26. The molecule has 0 saturated carbocycles. The largest absolute Gasteiger partial charge is 0.459 e. The van der Waals surface area contributed by atoms with E-state index in [1.165, 1.54) is 0 Å². The smallest absolute Gasteiger partial charge is 0.333 e. The van der Waals surface area contributed by atoms with Gasteiger partial charge in [0.1, 0.15) is 13.2 Å². The van der Waals surface area contributed by atoms with E-state index in [-0.39, 0.29) is 13.2 Å². The van der Waals surface area contributed by atoms with E-state index in [2.05, 4.69) is 22.6 Å². The zero-order chi connectivity index (χ0) is 15.4. The zero-order valence-corrected chi connectivity index (χ0v) is 12.1. The van der Waals surface area contributed by atoms with E-state index in [0.717, 1.165) is 26.4 Å². The molecule has 1 heterocycles. The summed E-state index contributed by atoms with van der Waals surface area (Å²) in [6.07, 6.45) is 0. The maximum Gasteiger partial charge on any atom is 0.333 e. The Balaban J connectivity index is 0.000000493. The van der Waals surface area contributed by atoms with Gasteiger partial charge in [-0.25, -0.2) is 9.59 Å². The molecule has 0 aromatic heterocycles. The van der Waals surface area contributed by atoms with Gasteiger partial charge in [-0.05, 0) is 13.8 Å². The van der Waals surface area contributed by atoms with Gasteiger partial charge in [0.05, 0.1) is 26.4 Å². The summed E-state index contributed by atoms with van der Waals surface area (Å²) in [6.45, 7) is 13.1. The van der Waals surface area contributed by atoms with Crippen LogP contribution in [0.5, 0.6) is 0 Å². The Morgan fingerprint density at radius 3 is 1.35 bits per heavy atom. The summed E-state index contributed by atoms with van der Waals surface area (Å²) >= 11 is 0. The summed E-state index contributed by atoms with van der Waals surface area (Å²) in [6, 6.07) is 0. The van der Waals surface area contributed by atoms with E-state index in [1.807, 2.05) is 0 Å². The Morgan fingerprint density at radius 2 is 1.15 bits per heavy atom. The van der Waals surface area contributed by atoms with Crippen LogP contribution in [-0.2, 0) is 28.5 Å². The van der Waals surface area contributed by atoms with Crippen molar-refractivity contribution in [2.24, 2.45) is 0 Å². The first-order valence-electron chi connectivity index (χ1n) is 6.26. The van der Waals surface area contributed by atoms with Crippen LogP contribution in [0.15, 0.2) is 24.3 Å². The number of carbonyl (C=O) groups is 2. The van der Waals surface area contributed by atoms with Crippen molar-refractivity contribution in [3.05, 3.63) is 24.3 Å². The lowest BCUT2D eigenvalue weighted by Crippen LogP contribution is -2.16. The van der Waals surface area contributed by atoms with Crippen LogP contribution in [0.25, 0.3) is 0 Å². The van der Waals surface area contributed by atoms with Crippen LogP contribution in [0.1, 0.15) is 13.8 Å². The number of hydrogen-bond acceptors (Lipinski definition) is 6. The van der Waals surface area contributed by atoms with Crippen LogP contribution in [0.3, 0.4) is 0 Å². The first kappa shape index (κ1) is 18.3. The Hall–Kier alpha value is -1.66. The Kier molecular flexibility index (Phi) is 10.3. The minimum Gasteiger partial charge on any atom is -0.459 e. The van der Waals surface area contributed by atoms with Crippen LogP contribution >= 0.6 is 0 Å². The third kappa shape index (κ3) is 10.3. The van der Waals surface area contributed by atoms with Crippen molar-refractivity contribution in [1.29, 1.82) is 0 Å². The van der Waals surface area contributed by atoms with Gasteiger partial charge < -0.3 is 18.9 Å². The molecule has 1 saturated heterocycles. The molecule has 0 amide bonds. The van der Waals surface area contributed by atoms with Crippen molar-refractivity contribution in [3.8, 4) is 0 Å². The average Bonchev–Trinajstić information content (AvgIpc) is 2.45. The maximum atomic E-state index is 10.8. The molecule has 0 bridgehead atoms. The molecule has 6 heteroatoms. The molecule has 6 nitrogen and oxygen atoms in total. The third-order valence-electron chi connectivity index (χ3n) is 1.99. The fourth-order valence-electron chi connectivity index (χ4n) is 0.955. The fourth-order valence-corrected chi connectivity index (χ4v) is 0.955. The zero-order valence-electron chi connectivity index (χ0n) is 12.1. The molecule has 20 heavy (non-hydrogen) atoms. The molecule has 1 aliphatic rings. The molecular formula is C14H22O6. The number of rotatable bonds is 5. The van der Waals surface area contributed by atoms with Crippen molar-refractivity contribution in [3.63, 3.8) is 0 Å². The topological polar surface area (TPSA) is 71.1 Å². The van der Waals surface area contributed by atoms with E-state index in [4.69, 9.17) is 9.47 Å². The van der Waals surface area contributed by atoms with Gasteiger partial charge in [0.25, 0.3) is 0 Å². The molecule has 114 valence electrons. The van der Waals surface area contributed by atoms with Crippen molar-refractivity contribution in [1.82, 2.24) is 0 Å². The fraction of sp³-hybridized carbons (Fsp3) is 0.571. The van der Waals surface area contributed by atoms with Crippen LogP contribution < -0.4 is 0 Å². The Morgan fingerprint density at radius 1 is 0.850 bits per heavy atom. The highest BCUT2D eigenvalue weighted by molar-refractivity contribution is 5.87. The van der Waals surface area contributed by atoms with E-state index >= 15 is 0 Å². The minimum absolute atomic E-state index is 0.0325. The van der Waals surface area contributed by atoms with Gasteiger partial charge in [0, 0.05) is 11.1 Å². The van der Waals surface area contributed by atoms with E-state index in [0.29, 0.717) is 11.1 Å². The summed E-state index contributed by atoms with van der Waals surface area (Å²) in [5.41, 5.74) is 0.632. The summed E-state index contributed by atoms with van der Waals surface area (Å²) in [5, 5.41) is 0. The van der Waals surface area contributed by atoms with Crippen LogP contribution in [-0.4, -0.2) is 51.6 Å². The van der Waals surface area contributed by atoms with E-state index in [1.54, 1.807) is 13.8 Å². The predicted molar refractivity (Wildman–Crippen MR) is 73.2 cm³/mol. The molecule has 0 aliphatic carbocycles. The number of carbonyl (C=O) groups excluding carboxylic acids is 2.